The van der Waals surface area contributed by atoms with Crippen LogP contribution in [0, 0.1) is 0 Å². The molecule has 0 saturated carbocycles. The van der Waals surface area contributed by atoms with Gasteiger partial charge < -0.3 is 10.9 Å². The maximum absolute atomic E-state index is 11.5. The number of hydrazine groups is 1. The minimum absolute atomic E-state index is 0.0490. The predicted molar refractivity (Wildman–Crippen MR) is 57.9 cm³/mol. The molecular formula is C9H13N5O2. The van der Waals surface area contributed by atoms with E-state index in [2.05, 4.69) is 15.6 Å². The van der Waals surface area contributed by atoms with E-state index in [-0.39, 0.29) is 17.4 Å². The zero-order valence-corrected chi connectivity index (χ0v) is 9.01. The molecule has 0 fully saturated rings. The highest BCUT2D eigenvalue weighted by molar-refractivity contribution is 5.98. The van der Waals surface area contributed by atoms with Crippen LogP contribution >= 0.6 is 0 Å². The second-order valence-corrected chi connectivity index (χ2v) is 3.25. The van der Waals surface area contributed by atoms with Crippen LogP contribution in [0.15, 0.2) is 23.5 Å². The molecule has 7 heteroatoms. The van der Waals surface area contributed by atoms with E-state index in [1.807, 2.05) is 0 Å². The molecule has 0 aromatic carbocycles. The Morgan fingerprint density at radius 1 is 1.56 bits per heavy atom. The van der Waals surface area contributed by atoms with Gasteiger partial charge in [-0.15, -0.1) is 0 Å². The van der Waals surface area contributed by atoms with Crippen molar-refractivity contribution in [3.63, 3.8) is 0 Å². The van der Waals surface area contributed by atoms with Crippen molar-refractivity contribution in [1.82, 2.24) is 15.4 Å². The topological polar surface area (TPSA) is 104 Å². The zero-order chi connectivity index (χ0) is 12.1. The predicted octanol–water partition coefficient (Wildman–Crippen LogP) is -0.617. The number of rotatable bonds is 3. The van der Waals surface area contributed by atoms with Crippen LogP contribution in [0.1, 0.15) is 16.1 Å². The lowest BCUT2D eigenvalue weighted by molar-refractivity contribution is 0.0851. The highest BCUT2D eigenvalue weighted by atomic mass is 16.4. The zero-order valence-electron chi connectivity index (χ0n) is 9.01. The van der Waals surface area contributed by atoms with Gasteiger partial charge in [-0.3, -0.25) is 15.2 Å². The Balaban J connectivity index is 2.83. The number of pyridine rings is 1. The molecule has 0 aliphatic heterocycles. The fourth-order valence-corrected chi connectivity index (χ4v) is 0.998. The molecule has 16 heavy (non-hydrogen) atoms. The molecule has 1 rings (SSSR count). The average Bonchev–Trinajstić information content (AvgIpc) is 2.27. The molecule has 0 aliphatic carbocycles. The Morgan fingerprint density at radius 2 is 2.25 bits per heavy atom. The Bertz CT molecular complexity index is 399. The van der Waals surface area contributed by atoms with E-state index in [0.717, 1.165) is 0 Å². The number of oxime groups is 1. The van der Waals surface area contributed by atoms with Crippen LogP contribution in [0.25, 0.3) is 0 Å². The van der Waals surface area contributed by atoms with E-state index in [4.69, 9.17) is 10.9 Å². The standard InChI is InChI=1S/C9H13N5O2/c1-14(2)12-9(15)7-4-3-6(5-11-7)8(10)13-16/h3-5,16H,1-2H3,(H2,10,13)(H,12,15). The van der Waals surface area contributed by atoms with E-state index in [9.17, 15) is 4.79 Å². The summed E-state index contributed by atoms with van der Waals surface area (Å²) in [5.74, 6) is -0.372. The van der Waals surface area contributed by atoms with Crippen LogP contribution in [-0.4, -0.2) is 41.0 Å². The van der Waals surface area contributed by atoms with E-state index < -0.39 is 0 Å². The molecule has 0 spiro atoms. The minimum atomic E-state index is -0.323. The van der Waals surface area contributed by atoms with Gasteiger partial charge in [0.25, 0.3) is 5.91 Å². The SMILES string of the molecule is CN(C)NC(=O)c1ccc(/C(N)=N/O)cn1. The highest BCUT2D eigenvalue weighted by Gasteiger charge is 2.08. The molecule has 0 atom stereocenters. The third kappa shape index (κ3) is 2.92. The van der Waals surface area contributed by atoms with Crippen LogP contribution in [0.3, 0.4) is 0 Å². The maximum Gasteiger partial charge on any atom is 0.284 e. The lowest BCUT2D eigenvalue weighted by Gasteiger charge is -2.11. The van der Waals surface area contributed by atoms with Crippen LogP contribution < -0.4 is 11.2 Å². The second-order valence-electron chi connectivity index (χ2n) is 3.25. The third-order valence-corrected chi connectivity index (χ3v) is 1.72. The molecule has 0 radical (unpaired) electrons. The van der Waals surface area contributed by atoms with Crippen LogP contribution in [0.4, 0.5) is 0 Å². The molecule has 1 amide bonds. The van der Waals surface area contributed by atoms with Gasteiger partial charge in [-0.1, -0.05) is 5.16 Å². The van der Waals surface area contributed by atoms with Gasteiger partial charge in [-0.25, -0.2) is 5.01 Å². The summed E-state index contributed by atoms with van der Waals surface area (Å²) in [5.41, 5.74) is 8.60. The van der Waals surface area contributed by atoms with Crippen molar-refractivity contribution in [3.8, 4) is 0 Å². The lowest BCUT2D eigenvalue weighted by atomic mass is 10.2. The van der Waals surface area contributed by atoms with Gasteiger partial charge in [0, 0.05) is 25.9 Å². The smallest absolute Gasteiger partial charge is 0.284 e. The van der Waals surface area contributed by atoms with Gasteiger partial charge in [0.1, 0.15) is 5.69 Å². The number of aromatic nitrogens is 1. The molecule has 0 aliphatic rings. The first-order chi connectivity index (χ1) is 7.54. The molecule has 1 aromatic rings. The van der Waals surface area contributed by atoms with Crippen molar-refractivity contribution in [2.75, 3.05) is 14.1 Å². The van der Waals surface area contributed by atoms with E-state index >= 15 is 0 Å². The fraction of sp³-hybridized carbons (Fsp3) is 0.222. The normalized spacial score (nSPS) is 11.6. The van der Waals surface area contributed by atoms with Crippen LogP contribution in [-0.2, 0) is 0 Å². The summed E-state index contributed by atoms with van der Waals surface area (Å²) in [4.78, 5) is 15.4. The van der Waals surface area contributed by atoms with Crippen molar-refractivity contribution in [1.29, 1.82) is 0 Å². The summed E-state index contributed by atoms with van der Waals surface area (Å²) in [6.07, 6.45) is 1.36. The van der Waals surface area contributed by atoms with Gasteiger partial charge in [-0.2, -0.15) is 0 Å². The molecule has 0 saturated heterocycles. The van der Waals surface area contributed by atoms with Crippen molar-refractivity contribution in [3.05, 3.63) is 29.6 Å². The monoisotopic (exact) mass is 223 g/mol. The van der Waals surface area contributed by atoms with Gasteiger partial charge in [-0.05, 0) is 12.1 Å². The molecule has 0 bridgehead atoms. The third-order valence-electron chi connectivity index (χ3n) is 1.72. The van der Waals surface area contributed by atoms with Crippen LogP contribution in [0.5, 0.6) is 0 Å². The van der Waals surface area contributed by atoms with Crippen molar-refractivity contribution in [2.24, 2.45) is 10.9 Å². The molecule has 1 aromatic heterocycles. The minimum Gasteiger partial charge on any atom is -0.409 e. The highest BCUT2D eigenvalue weighted by Crippen LogP contribution is 2.00. The number of hydrogen-bond acceptors (Lipinski definition) is 5. The first-order valence-electron chi connectivity index (χ1n) is 4.47. The van der Waals surface area contributed by atoms with Gasteiger partial charge in [0.15, 0.2) is 5.84 Å². The Labute approximate surface area is 92.5 Å². The summed E-state index contributed by atoms with van der Waals surface area (Å²) in [5, 5.41) is 12.8. The van der Waals surface area contributed by atoms with Gasteiger partial charge in [0.05, 0.1) is 0 Å². The van der Waals surface area contributed by atoms with E-state index in [0.29, 0.717) is 5.56 Å². The second kappa shape index (κ2) is 5.08. The van der Waals surface area contributed by atoms with Gasteiger partial charge >= 0.3 is 0 Å². The number of nitrogens with two attached hydrogens (primary N) is 1. The summed E-state index contributed by atoms with van der Waals surface area (Å²) in [7, 11) is 3.39. The quantitative estimate of drug-likeness (QED) is 0.274. The lowest BCUT2D eigenvalue weighted by Crippen LogP contribution is -2.36. The van der Waals surface area contributed by atoms with Crippen LogP contribution in [0.2, 0.25) is 0 Å². The number of amides is 1. The van der Waals surface area contributed by atoms with Crippen molar-refractivity contribution >= 4 is 11.7 Å². The number of hydrogen-bond donors (Lipinski definition) is 3. The maximum atomic E-state index is 11.5. The first kappa shape index (κ1) is 11.9. The Morgan fingerprint density at radius 3 is 2.69 bits per heavy atom. The van der Waals surface area contributed by atoms with Crippen molar-refractivity contribution in [2.45, 2.75) is 0 Å². The molecule has 86 valence electrons. The summed E-state index contributed by atoms with van der Waals surface area (Å²) >= 11 is 0. The molecule has 4 N–H and O–H groups in total. The fourth-order valence-electron chi connectivity index (χ4n) is 0.998. The Kier molecular flexibility index (Phi) is 3.78. The van der Waals surface area contributed by atoms with Gasteiger partial charge in [0.2, 0.25) is 0 Å². The summed E-state index contributed by atoms with van der Waals surface area (Å²) < 4.78 is 0. The number of amidine groups is 1. The molecule has 0 unspecified atom stereocenters. The molecule has 7 nitrogen and oxygen atoms in total. The van der Waals surface area contributed by atoms with Crippen molar-refractivity contribution < 1.29 is 10.0 Å². The van der Waals surface area contributed by atoms with E-state index in [1.165, 1.54) is 17.3 Å². The number of nitrogens with zero attached hydrogens (tertiary/aromatic N) is 3. The molecular weight excluding hydrogens is 210 g/mol. The largest absolute Gasteiger partial charge is 0.409 e. The number of nitrogens with one attached hydrogen (secondary N) is 1. The summed E-state index contributed by atoms with van der Waals surface area (Å²) in [6.45, 7) is 0. The average molecular weight is 223 g/mol. The number of carbonyl (C=O) groups excluding carboxylic acids is 1. The summed E-state index contributed by atoms with van der Waals surface area (Å²) in [6, 6.07) is 3.04. The van der Waals surface area contributed by atoms with E-state index in [1.54, 1.807) is 20.2 Å². The number of carbonyl (C=O) groups is 1. The molecule has 1 heterocycles. The first-order valence-corrected chi connectivity index (χ1v) is 4.47. The Hall–Kier alpha value is -2.15.